The zero-order valence-electron chi connectivity index (χ0n) is 46.9. The van der Waals surface area contributed by atoms with Gasteiger partial charge in [-0.2, -0.15) is 0 Å². The van der Waals surface area contributed by atoms with Crippen LogP contribution < -0.4 is 23.7 Å². The van der Waals surface area contributed by atoms with E-state index in [-0.39, 0.29) is 0 Å². The maximum absolute atomic E-state index is 7.10. The van der Waals surface area contributed by atoms with E-state index in [0.717, 1.165) is 47.6 Å². The van der Waals surface area contributed by atoms with Crippen LogP contribution in [0.4, 0.5) is 0 Å². The number of nitrogens with zero attached hydrogens (tertiary/aromatic N) is 4. The molecular weight excluding hydrogens is 929 g/mol. The lowest BCUT2D eigenvalue weighted by molar-refractivity contribution is 0.177. The van der Waals surface area contributed by atoms with Gasteiger partial charge >= 0.3 is 0 Å². The van der Waals surface area contributed by atoms with Crippen molar-refractivity contribution >= 4 is 0 Å². The Morgan fingerprint density at radius 2 is 0.653 bits per heavy atom. The second-order valence-corrected chi connectivity index (χ2v) is 23.6. The van der Waals surface area contributed by atoms with Gasteiger partial charge in [0, 0.05) is 0 Å². The third-order valence-electron chi connectivity index (χ3n) is 17.2. The summed E-state index contributed by atoms with van der Waals surface area (Å²) in [6.45, 7) is 7.22. The van der Waals surface area contributed by atoms with Crippen molar-refractivity contribution < 1.29 is 23.7 Å². The standard InChI is InChI=1S/C66H98N4O5/c1-3-5-15-23-51-35-39-55(40-36-51)49-73-59-27-21-29-61(63(59)65-67-45-57(46-68-65)71-43-19-13-9-7-11-17-25-53-31-32-53)75-62-30-22-28-60(74-50-56-41-37-52(38-42-56)24-16-6-4-2)64(62)66-69-47-58(48-70-66)72-44-20-14-10-8-12-18-26-54-33-34-54/h21-22,27-30,45-48,51-56H,3-20,23-26,31-44,49-50H2,1-2H3. The van der Waals surface area contributed by atoms with Crippen LogP contribution in [0, 0.1) is 35.5 Å². The van der Waals surface area contributed by atoms with Crippen molar-refractivity contribution in [3.63, 3.8) is 0 Å². The summed E-state index contributed by atoms with van der Waals surface area (Å²) >= 11 is 0. The Balaban J connectivity index is 0.965. The summed E-state index contributed by atoms with van der Waals surface area (Å²) in [7, 11) is 0. The SMILES string of the molecule is CCCCCC1CCC(COc2cccc(Oc3cccc(OCC4CCC(CCCCC)CC4)c3-c3ncc(OCCCCCCCCC4CC4)cn3)c2-c2ncc(OCCCCCCCCC3CC3)cn2)CC1. The topological polar surface area (TPSA) is 97.7 Å². The number of hydrogen-bond donors (Lipinski definition) is 0. The smallest absolute Gasteiger partial charge is 0.166 e. The van der Waals surface area contributed by atoms with Gasteiger partial charge in [-0.05, 0) is 98.3 Å². The summed E-state index contributed by atoms with van der Waals surface area (Å²) in [5.74, 6) is 9.84. The molecule has 75 heavy (non-hydrogen) atoms. The molecule has 9 nitrogen and oxygen atoms in total. The van der Waals surface area contributed by atoms with Crippen molar-refractivity contribution in [2.45, 2.75) is 232 Å². The Labute approximate surface area is 454 Å². The summed E-state index contributed by atoms with van der Waals surface area (Å²) < 4.78 is 33.2. The monoisotopic (exact) mass is 1030 g/mol. The van der Waals surface area contributed by atoms with E-state index in [4.69, 9.17) is 43.6 Å². The molecule has 2 heterocycles. The first-order valence-corrected chi connectivity index (χ1v) is 31.2. The summed E-state index contributed by atoms with van der Waals surface area (Å²) in [5.41, 5.74) is 1.43. The molecule has 0 spiro atoms. The quantitative estimate of drug-likeness (QED) is 0.0407. The van der Waals surface area contributed by atoms with Crippen LogP contribution in [0.5, 0.6) is 34.5 Å². The number of unbranched alkanes of at least 4 members (excludes halogenated alkanes) is 14. The van der Waals surface area contributed by atoms with Crippen molar-refractivity contribution in [1.29, 1.82) is 0 Å². The third-order valence-corrected chi connectivity index (χ3v) is 17.2. The van der Waals surface area contributed by atoms with Crippen LogP contribution in [0.3, 0.4) is 0 Å². The first-order valence-electron chi connectivity index (χ1n) is 31.2. The largest absolute Gasteiger partial charge is 0.492 e. The Kier molecular flexibility index (Phi) is 24.5. The van der Waals surface area contributed by atoms with E-state index >= 15 is 0 Å². The molecule has 2 aromatic heterocycles. The maximum Gasteiger partial charge on any atom is 0.166 e. The minimum Gasteiger partial charge on any atom is -0.492 e. The van der Waals surface area contributed by atoms with Crippen LogP contribution in [-0.2, 0) is 0 Å². The van der Waals surface area contributed by atoms with E-state index < -0.39 is 0 Å². The third kappa shape index (κ3) is 20.2. The molecule has 4 fully saturated rings. The molecule has 0 N–H and O–H groups in total. The Morgan fingerprint density at radius 3 is 1.01 bits per heavy atom. The van der Waals surface area contributed by atoms with Gasteiger partial charge in [-0.3, -0.25) is 0 Å². The van der Waals surface area contributed by atoms with E-state index in [1.54, 1.807) is 24.8 Å². The number of hydrogen-bond acceptors (Lipinski definition) is 9. The molecule has 0 amide bonds. The van der Waals surface area contributed by atoms with Gasteiger partial charge in [-0.15, -0.1) is 0 Å². The van der Waals surface area contributed by atoms with E-state index in [1.165, 1.54) is 205 Å². The molecule has 4 aliphatic rings. The highest BCUT2D eigenvalue weighted by molar-refractivity contribution is 5.76. The van der Waals surface area contributed by atoms with Crippen LogP contribution in [0.1, 0.15) is 232 Å². The highest BCUT2D eigenvalue weighted by Crippen LogP contribution is 2.45. The average molecular weight is 1030 g/mol. The minimum atomic E-state index is 0.510. The van der Waals surface area contributed by atoms with Gasteiger partial charge in [0.2, 0.25) is 0 Å². The molecule has 0 radical (unpaired) electrons. The summed E-state index contributed by atoms with van der Waals surface area (Å²) in [4.78, 5) is 19.7. The van der Waals surface area contributed by atoms with Crippen molar-refractivity contribution in [3.05, 3.63) is 61.2 Å². The molecule has 9 heteroatoms. The van der Waals surface area contributed by atoms with Gasteiger partial charge in [0.25, 0.3) is 0 Å². The molecule has 8 rings (SSSR count). The summed E-state index contributed by atoms with van der Waals surface area (Å²) in [6, 6.07) is 12.1. The lowest BCUT2D eigenvalue weighted by atomic mass is 9.80. The van der Waals surface area contributed by atoms with Crippen molar-refractivity contribution in [3.8, 4) is 57.3 Å². The number of benzene rings is 2. The predicted octanol–water partition coefficient (Wildman–Crippen LogP) is 19.0. The molecule has 0 atom stereocenters. The number of aromatic nitrogens is 4. The summed E-state index contributed by atoms with van der Waals surface area (Å²) in [6.07, 6.45) is 51.7. The van der Waals surface area contributed by atoms with Crippen molar-refractivity contribution in [2.24, 2.45) is 35.5 Å². The normalized spacial score (nSPS) is 19.7. The molecule has 4 aromatic rings. The molecule has 0 unspecified atom stereocenters. The lowest BCUT2D eigenvalue weighted by Crippen LogP contribution is -2.20. The second-order valence-electron chi connectivity index (χ2n) is 23.6. The zero-order chi connectivity index (χ0) is 51.5. The van der Waals surface area contributed by atoms with E-state index in [9.17, 15) is 0 Å². The van der Waals surface area contributed by atoms with Crippen molar-refractivity contribution in [1.82, 2.24) is 19.9 Å². The fraction of sp³-hybridized carbons (Fsp3) is 0.697. The fourth-order valence-corrected chi connectivity index (χ4v) is 11.9. The molecule has 412 valence electrons. The molecule has 4 aliphatic carbocycles. The zero-order valence-corrected chi connectivity index (χ0v) is 46.9. The molecule has 2 aromatic carbocycles. The fourth-order valence-electron chi connectivity index (χ4n) is 11.9. The second kappa shape index (κ2) is 32.4. The van der Waals surface area contributed by atoms with Crippen LogP contribution in [0.2, 0.25) is 0 Å². The van der Waals surface area contributed by atoms with Gasteiger partial charge in [0.1, 0.15) is 34.1 Å². The molecular formula is C66H98N4O5. The van der Waals surface area contributed by atoms with Gasteiger partial charge in [-0.1, -0.05) is 206 Å². The molecule has 0 bridgehead atoms. The highest BCUT2D eigenvalue weighted by atomic mass is 16.5. The van der Waals surface area contributed by atoms with E-state index in [2.05, 4.69) is 13.8 Å². The number of ether oxygens (including phenoxy) is 5. The van der Waals surface area contributed by atoms with Gasteiger partial charge in [0.05, 0.1) is 51.2 Å². The van der Waals surface area contributed by atoms with Crippen LogP contribution in [0.25, 0.3) is 22.8 Å². The molecule has 0 saturated heterocycles. The van der Waals surface area contributed by atoms with Crippen molar-refractivity contribution in [2.75, 3.05) is 26.4 Å². The lowest BCUT2D eigenvalue weighted by Gasteiger charge is -2.29. The van der Waals surface area contributed by atoms with Gasteiger partial charge in [0.15, 0.2) is 23.1 Å². The Hall–Kier alpha value is -4.40. The number of rotatable bonds is 38. The predicted molar refractivity (Wildman–Crippen MR) is 306 cm³/mol. The molecule has 4 saturated carbocycles. The van der Waals surface area contributed by atoms with Crippen LogP contribution in [-0.4, -0.2) is 46.4 Å². The van der Waals surface area contributed by atoms with Gasteiger partial charge in [-0.25, -0.2) is 19.9 Å². The van der Waals surface area contributed by atoms with E-state index in [1.807, 2.05) is 36.4 Å². The highest BCUT2D eigenvalue weighted by Gasteiger charge is 2.27. The first-order chi connectivity index (χ1) is 37.1. The maximum atomic E-state index is 7.10. The van der Waals surface area contributed by atoms with Crippen LogP contribution >= 0.6 is 0 Å². The Bertz CT molecular complexity index is 2010. The minimum absolute atomic E-state index is 0.510. The van der Waals surface area contributed by atoms with Gasteiger partial charge < -0.3 is 23.7 Å². The van der Waals surface area contributed by atoms with E-state index in [0.29, 0.717) is 84.4 Å². The Morgan fingerprint density at radius 1 is 0.347 bits per heavy atom. The first kappa shape index (κ1) is 56.8. The van der Waals surface area contributed by atoms with Crippen LogP contribution in [0.15, 0.2) is 61.2 Å². The summed E-state index contributed by atoms with van der Waals surface area (Å²) in [5, 5.41) is 0. The molecule has 0 aliphatic heterocycles. The average Bonchev–Trinajstić information content (AvgIpc) is 4.40.